The molecule has 0 aliphatic heterocycles. The van der Waals surface area contributed by atoms with E-state index in [4.69, 9.17) is 5.11 Å². The van der Waals surface area contributed by atoms with Gasteiger partial charge in [-0.25, -0.2) is 4.79 Å². The number of nitro benzene ring substituents is 1. The highest BCUT2D eigenvalue weighted by atomic mass is 16.6. The van der Waals surface area contributed by atoms with Gasteiger partial charge in [-0.2, -0.15) is 0 Å². The van der Waals surface area contributed by atoms with Gasteiger partial charge in [0.05, 0.1) is 17.0 Å². The summed E-state index contributed by atoms with van der Waals surface area (Å²) in [5, 5.41) is 23.0. The molecule has 2 N–H and O–H groups in total. The van der Waals surface area contributed by atoms with Gasteiger partial charge in [0, 0.05) is 19.2 Å². The molecule has 1 aliphatic carbocycles. The van der Waals surface area contributed by atoms with Crippen LogP contribution in [0.1, 0.15) is 23.2 Å². The number of carbonyl (C=O) groups is 2. The summed E-state index contributed by atoms with van der Waals surface area (Å²) in [5.74, 6) is -1.56. The summed E-state index contributed by atoms with van der Waals surface area (Å²) in [6.45, 7) is -0.137. The Kier molecular flexibility index (Phi) is 4.06. The lowest BCUT2D eigenvalue weighted by atomic mass is 10.1. The van der Waals surface area contributed by atoms with E-state index < -0.39 is 10.9 Å². The van der Waals surface area contributed by atoms with Crippen molar-refractivity contribution in [2.75, 3.05) is 18.5 Å². The summed E-state index contributed by atoms with van der Waals surface area (Å²) in [4.78, 5) is 34.7. The molecule has 0 heterocycles. The summed E-state index contributed by atoms with van der Waals surface area (Å²) in [6, 6.07) is 3.98. The van der Waals surface area contributed by atoms with E-state index in [2.05, 4.69) is 5.32 Å². The first-order valence-corrected chi connectivity index (χ1v) is 6.41. The van der Waals surface area contributed by atoms with Gasteiger partial charge in [0.2, 0.25) is 5.91 Å². The lowest BCUT2D eigenvalue weighted by molar-refractivity contribution is -0.384. The maximum absolute atomic E-state index is 11.8. The summed E-state index contributed by atoms with van der Waals surface area (Å²) in [6.07, 6.45) is 1.86. The minimum absolute atomic E-state index is 0.0686. The van der Waals surface area contributed by atoms with Crippen LogP contribution in [0, 0.1) is 10.1 Å². The topological polar surface area (TPSA) is 113 Å². The summed E-state index contributed by atoms with van der Waals surface area (Å²) in [5.41, 5.74) is -0.608. The first kappa shape index (κ1) is 14.8. The number of amides is 1. The van der Waals surface area contributed by atoms with Crippen LogP contribution in [0.25, 0.3) is 0 Å². The van der Waals surface area contributed by atoms with Crippen molar-refractivity contribution in [3.05, 3.63) is 33.9 Å². The van der Waals surface area contributed by atoms with E-state index in [1.54, 1.807) is 0 Å². The number of hydrogen-bond acceptors (Lipinski definition) is 5. The second kappa shape index (κ2) is 5.78. The number of para-hydroxylation sites is 1. The van der Waals surface area contributed by atoms with Gasteiger partial charge < -0.3 is 15.3 Å². The van der Waals surface area contributed by atoms with Crippen LogP contribution in [-0.4, -0.2) is 41.5 Å². The minimum atomic E-state index is -1.27. The average molecular weight is 293 g/mol. The lowest BCUT2D eigenvalue weighted by Gasteiger charge is -2.20. The number of nitrogens with zero attached hydrogens (tertiary/aromatic N) is 2. The fraction of sp³-hybridized carbons (Fsp3) is 0.385. The highest BCUT2D eigenvalue weighted by Gasteiger charge is 2.27. The second-order valence-corrected chi connectivity index (χ2v) is 4.93. The molecule has 1 fully saturated rings. The molecule has 0 saturated heterocycles. The first-order valence-electron chi connectivity index (χ1n) is 6.41. The Morgan fingerprint density at radius 2 is 2.14 bits per heavy atom. The fourth-order valence-corrected chi connectivity index (χ4v) is 2.05. The molecule has 0 aromatic heterocycles. The van der Waals surface area contributed by atoms with Crippen molar-refractivity contribution in [3.8, 4) is 0 Å². The number of benzene rings is 1. The Balaban J connectivity index is 2.28. The molecule has 1 amide bonds. The number of nitro groups is 1. The number of carboxylic acid groups (broad SMARTS) is 1. The Labute approximate surface area is 120 Å². The van der Waals surface area contributed by atoms with Crippen LogP contribution >= 0.6 is 0 Å². The summed E-state index contributed by atoms with van der Waals surface area (Å²) >= 11 is 0. The Morgan fingerprint density at radius 1 is 1.48 bits per heavy atom. The third kappa shape index (κ3) is 3.47. The average Bonchev–Trinajstić information content (AvgIpc) is 3.21. The Bertz CT molecular complexity index is 565. The number of carbonyl (C=O) groups excluding carboxylic acids is 1. The Morgan fingerprint density at radius 3 is 2.67 bits per heavy atom. The molecule has 112 valence electrons. The molecule has 0 unspecified atom stereocenters. The molecule has 2 rings (SSSR count). The SMILES string of the molecule is CN(CC(=O)NC1CC1)c1c(C(=O)O)cccc1[N+](=O)[O-]. The van der Waals surface area contributed by atoms with Crippen molar-refractivity contribution in [2.45, 2.75) is 18.9 Å². The van der Waals surface area contributed by atoms with Gasteiger partial charge >= 0.3 is 5.97 Å². The zero-order valence-corrected chi connectivity index (χ0v) is 11.4. The van der Waals surface area contributed by atoms with Crippen LogP contribution in [0.3, 0.4) is 0 Å². The third-order valence-electron chi connectivity index (χ3n) is 3.15. The standard InChI is InChI=1S/C13H15N3O5/c1-15(7-11(17)14-8-5-6-8)12-9(13(18)19)3-2-4-10(12)16(20)21/h2-4,8H,5-7H2,1H3,(H,14,17)(H,18,19). The van der Waals surface area contributed by atoms with E-state index in [1.807, 2.05) is 0 Å². The number of nitrogens with one attached hydrogen (secondary N) is 1. The molecule has 1 aromatic carbocycles. The number of carboxylic acids is 1. The summed E-state index contributed by atoms with van der Waals surface area (Å²) < 4.78 is 0. The van der Waals surface area contributed by atoms with Crippen LogP contribution in [0.15, 0.2) is 18.2 Å². The number of likely N-dealkylation sites (N-methyl/N-ethyl adjacent to an activating group) is 1. The van der Waals surface area contributed by atoms with Crippen LogP contribution < -0.4 is 10.2 Å². The normalized spacial score (nSPS) is 13.6. The van der Waals surface area contributed by atoms with E-state index in [0.29, 0.717) is 0 Å². The van der Waals surface area contributed by atoms with Crippen LogP contribution in [0.2, 0.25) is 0 Å². The molecule has 1 saturated carbocycles. The molecular formula is C13H15N3O5. The van der Waals surface area contributed by atoms with Gasteiger partial charge in [0.25, 0.3) is 5.69 Å². The van der Waals surface area contributed by atoms with Crippen LogP contribution in [-0.2, 0) is 4.79 Å². The monoisotopic (exact) mass is 293 g/mol. The number of aromatic carboxylic acids is 1. The van der Waals surface area contributed by atoms with Crippen molar-refractivity contribution in [1.29, 1.82) is 0 Å². The molecule has 8 nitrogen and oxygen atoms in total. The van der Waals surface area contributed by atoms with E-state index in [9.17, 15) is 19.7 Å². The highest BCUT2D eigenvalue weighted by Crippen LogP contribution is 2.31. The smallest absolute Gasteiger partial charge is 0.338 e. The zero-order chi connectivity index (χ0) is 15.6. The highest BCUT2D eigenvalue weighted by molar-refractivity contribution is 5.98. The van der Waals surface area contributed by atoms with Gasteiger partial charge in [-0.1, -0.05) is 6.07 Å². The quantitative estimate of drug-likeness (QED) is 0.597. The number of anilines is 1. The number of rotatable bonds is 6. The largest absolute Gasteiger partial charge is 0.478 e. The predicted octanol–water partition coefficient (Wildman–Crippen LogP) is 1.01. The van der Waals surface area contributed by atoms with Crippen molar-refractivity contribution < 1.29 is 19.6 Å². The second-order valence-electron chi connectivity index (χ2n) is 4.93. The van der Waals surface area contributed by atoms with Gasteiger partial charge in [0.15, 0.2) is 0 Å². The van der Waals surface area contributed by atoms with Crippen molar-refractivity contribution in [3.63, 3.8) is 0 Å². The van der Waals surface area contributed by atoms with Gasteiger partial charge in [0.1, 0.15) is 5.69 Å². The maximum atomic E-state index is 11.8. The first-order chi connectivity index (χ1) is 9.90. The molecule has 1 aliphatic rings. The molecular weight excluding hydrogens is 278 g/mol. The molecule has 0 atom stereocenters. The summed E-state index contributed by atoms with van der Waals surface area (Å²) in [7, 11) is 1.46. The van der Waals surface area contributed by atoms with E-state index in [0.717, 1.165) is 12.8 Å². The fourth-order valence-electron chi connectivity index (χ4n) is 2.05. The van der Waals surface area contributed by atoms with E-state index >= 15 is 0 Å². The predicted molar refractivity (Wildman–Crippen MR) is 74.5 cm³/mol. The van der Waals surface area contributed by atoms with E-state index in [-0.39, 0.29) is 35.4 Å². The van der Waals surface area contributed by atoms with E-state index in [1.165, 1.54) is 30.1 Å². The van der Waals surface area contributed by atoms with Gasteiger partial charge in [-0.05, 0) is 18.9 Å². The van der Waals surface area contributed by atoms with Crippen molar-refractivity contribution in [1.82, 2.24) is 5.32 Å². The maximum Gasteiger partial charge on any atom is 0.338 e. The number of hydrogen-bond donors (Lipinski definition) is 2. The minimum Gasteiger partial charge on any atom is -0.478 e. The lowest BCUT2D eigenvalue weighted by Crippen LogP contribution is -2.37. The molecule has 0 radical (unpaired) electrons. The Hall–Kier alpha value is -2.64. The van der Waals surface area contributed by atoms with Gasteiger partial charge in [-0.3, -0.25) is 14.9 Å². The molecule has 21 heavy (non-hydrogen) atoms. The molecule has 1 aromatic rings. The van der Waals surface area contributed by atoms with Crippen molar-refractivity contribution in [2.24, 2.45) is 0 Å². The molecule has 0 bridgehead atoms. The van der Waals surface area contributed by atoms with Crippen molar-refractivity contribution >= 4 is 23.3 Å². The zero-order valence-electron chi connectivity index (χ0n) is 11.4. The van der Waals surface area contributed by atoms with Crippen LogP contribution in [0.5, 0.6) is 0 Å². The van der Waals surface area contributed by atoms with Crippen LogP contribution in [0.4, 0.5) is 11.4 Å². The third-order valence-corrected chi connectivity index (χ3v) is 3.15. The molecule has 0 spiro atoms. The van der Waals surface area contributed by atoms with Gasteiger partial charge in [-0.15, -0.1) is 0 Å². The molecule has 8 heteroatoms.